The van der Waals surface area contributed by atoms with E-state index >= 15 is 0 Å². The van der Waals surface area contributed by atoms with Gasteiger partial charge in [-0.25, -0.2) is 0 Å². The Bertz CT molecular complexity index is 497. The molecule has 2 rings (SSSR count). The van der Waals surface area contributed by atoms with Gasteiger partial charge in [0.15, 0.2) is 5.60 Å². The van der Waals surface area contributed by atoms with Gasteiger partial charge in [0, 0.05) is 44.2 Å². The number of pyridine rings is 1. The molecule has 2 heterocycles. The topological polar surface area (TPSA) is 53.4 Å². The van der Waals surface area contributed by atoms with E-state index in [0.717, 1.165) is 5.69 Å². The van der Waals surface area contributed by atoms with E-state index in [1.54, 1.807) is 6.20 Å². The first-order valence-corrected chi connectivity index (χ1v) is 7.29. The van der Waals surface area contributed by atoms with E-state index in [0.29, 0.717) is 12.8 Å². The SMILES string of the molecule is O=C(CCCc1ccccn1)N1CCC(O)(C(F)(F)F)CC1. The van der Waals surface area contributed by atoms with Crippen molar-refractivity contribution in [1.29, 1.82) is 0 Å². The van der Waals surface area contributed by atoms with Crippen LogP contribution in [0.1, 0.15) is 31.4 Å². The average molecular weight is 316 g/mol. The van der Waals surface area contributed by atoms with Gasteiger partial charge in [0.2, 0.25) is 5.91 Å². The minimum absolute atomic E-state index is 0.0571. The third kappa shape index (κ3) is 3.97. The van der Waals surface area contributed by atoms with Crippen LogP contribution in [0.5, 0.6) is 0 Å². The lowest BCUT2D eigenvalue weighted by Gasteiger charge is -2.39. The maximum absolute atomic E-state index is 12.7. The molecule has 0 spiro atoms. The van der Waals surface area contributed by atoms with Crippen molar-refractivity contribution in [2.45, 2.75) is 43.9 Å². The predicted molar refractivity (Wildman–Crippen MR) is 74.0 cm³/mol. The molecule has 0 aliphatic carbocycles. The summed E-state index contributed by atoms with van der Waals surface area (Å²) in [7, 11) is 0. The van der Waals surface area contributed by atoms with E-state index in [2.05, 4.69) is 4.98 Å². The highest BCUT2D eigenvalue weighted by atomic mass is 19.4. The van der Waals surface area contributed by atoms with E-state index in [9.17, 15) is 23.1 Å². The van der Waals surface area contributed by atoms with Crippen LogP contribution in [-0.4, -0.2) is 45.8 Å². The minimum atomic E-state index is -4.64. The number of rotatable bonds is 4. The summed E-state index contributed by atoms with van der Waals surface area (Å²) >= 11 is 0. The van der Waals surface area contributed by atoms with Crippen LogP contribution in [0.3, 0.4) is 0 Å². The van der Waals surface area contributed by atoms with Crippen molar-refractivity contribution in [2.75, 3.05) is 13.1 Å². The number of aromatic nitrogens is 1. The van der Waals surface area contributed by atoms with Crippen LogP contribution < -0.4 is 0 Å². The Kier molecular flexibility index (Phi) is 5.05. The average Bonchev–Trinajstić information content (AvgIpc) is 2.48. The highest BCUT2D eigenvalue weighted by molar-refractivity contribution is 5.76. The summed E-state index contributed by atoms with van der Waals surface area (Å²) < 4.78 is 38.1. The van der Waals surface area contributed by atoms with Crippen molar-refractivity contribution >= 4 is 5.91 Å². The number of alkyl halides is 3. The minimum Gasteiger partial charge on any atom is -0.380 e. The molecular formula is C15H19F3N2O2. The molecule has 0 aromatic carbocycles. The Morgan fingerprint density at radius 2 is 2.00 bits per heavy atom. The van der Waals surface area contributed by atoms with Gasteiger partial charge in [-0.3, -0.25) is 9.78 Å². The van der Waals surface area contributed by atoms with Crippen molar-refractivity contribution in [3.63, 3.8) is 0 Å². The molecule has 1 amide bonds. The number of aliphatic hydroxyl groups is 1. The number of hydrogen-bond donors (Lipinski definition) is 1. The van der Waals surface area contributed by atoms with Crippen LogP contribution in [0.4, 0.5) is 13.2 Å². The maximum atomic E-state index is 12.7. The van der Waals surface area contributed by atoms with Gasteiger partial charge < -0.3 is 10.0 Å². The van der Waals surface area contributed by atoms with Gasteiger partial charge in [0.05, 0.1) is 0 Å². The standard InChI is InChI=1S/C15H19F3N2O2/c16-15(17,18)14(22)7-10-20(11-8-14)13(21)6-3-5-12-4-1-2-9-19-12/h1-2,4,9,22H,3,5-8,10-11H2. The molecule has 1 aromatic rings. The maximum Gasteiger partial charge on any atom is 0.417 e. The quantitative estimate of drug-likeness (QED) is 0.927. The number of hydrogen-bond acceptors (Lipinski definition) is 3. The Balaban J connectivity index is 1.76. The molecule has 122 valence electrons. The summed E-state index contributed by atoms with van der Waals surface area (Å²) in [5, 5.41) is 9.56. The van der Waals surface area contributed by atoms with E-state index in [-0.39, 0.29) is 25.4 Å². The number of nitrogens with zero attached hydrogens (tertiary/aromatic N) is 2. The highest BCUT2D eigenvalue weighted by Gasteiger charge is 2.54. The normalized spacial score (nSPS) is 18.3. The van der Waals surface area contributed by atoms with E-state index in [1.807, 2.05) is 18.2 Å². The highest BCUT2D eigenvalue weighted by Crippen LogP contribution is 2.38. The number of amides is 1. The molecule has 1 aliphatic rings. The zero-order valence-corrected chi connectivity index (χ0v) is 12.1. The fraction of sp³-hybridized carbons (Fsp3) is 0.600. The van der Waals surface area contributed by atoms with Crippen molar-refractivity contribution in [3.05, 3.63) is 30.1 Å². The number of halogens is 3. The van der Waals surface area contributed by atoms with Crippen molar-refractivity contribution in [1.82, 2.24) is 9.88 Å². The second-order valence-corrected chi connectivity index (χ2v) is 5.58. The third-order valence-corrected chi connectivity index (χ3v) is 4.02. The Hall–Kier alpha value is -1.63. The van der Waals surface area contributed by atoms with Gasteiger partial charge in [0.1, 0.15) is 0 Å². The van der Waals surface area contributed by atoms with Crippen LogP contribution >= 0.6 is 0 Å². The second-order valence-electron chi connectivity index (χ2n) is 5.58. The van der Waals surface area contributed by atoms with Gasteiger partial charge in [-0.1, -0.05) is 6.07 Å². The first kappa shape index (κ1) is 16.7. The van der Waals surface area contributed by atoms with Crippen LogP contribution in [-0.2, 0) is 11.2 Å². The van der Waals surface area contributed by atoms with Crippen molar-refractivity contribution in [3.8, 4) is 0 Å². The Morgan fingerprint density at radius 3 is 2.55 bits per heavy atom. The number of piperidine rings is 1. The lowest BCUT2D eigenvalue weighted by molar-refractivity contribution is -0.272. The number of aryl methyl sites for hydroxylation is 1. The Labute approximate surface area is 127 Å². The van der Waals surface area contributed by atoms with E-state index < -0.39 is 24.6 Å². The van der Waals surface area contributed by atoms with E-state index in [4.69, 9.17) is 0 Å². The molecule has 1 N–H and O–H groups in total. The fourth-order valence-corrected chi connectivity index (χ4v) is 2.53. The van der Waals surface area contributed by atoms with Crippen LogP contribution in [0.25, 0.3) is 0 Å². The molecule has 0 radical (unpaired) electrons. The van der Waals surface area contributed by atoms with Gasteiger partial charge >= 0.3 is 6.18 Å². The van der Waals surface area contributed by atoms with Crippen molar-refractivity contribution < 1.29 is 23.1 Å². The monoisotopic (exact) mass is 316 g/mol. The molecule has 0 bridgehead atoms. The molecule has 1 aromatic heterocycles. The lowest BCUT2D eigenvalue weighted by Crippen LogP contribution is -2.54. The molecule has 1 saturated heterocycles. The van der Waals surface area contributed by atoms with E-state index in [1.165, 1.54) is 4.90 Å². The van der Waals surface area contributed by atoms with Crippen LogP contribution in [0.15, 0.2) is 24.4 Å². The summed E-state index contributed by atoms with van der Waals surface area (Å²) in [5.74, 6) is -0.167. The molecule has 0 unspecified atom stereocenters. The van der Waals surface area contributed by atoms with Crippen molar-refractivity contribution in [2.24, 2.45) is 0 Å². The smallest absolute Gasteiger partial charge is 0.380 e. The molecule has 22 heavy (non-hydrogen) atoms. The molecule has 4 nitrogen and oxygen atoms in total. The number of carbonyl (C=O) groups excluding carboxylic acids is 1. The molecule has 7 heteroatoms. The van der Waals surface area contributed by atoms with Gasteiger partial charge in [-0.15, -0.1) is 0 Å². The summed E-state index contributed by atoms with van der Waals surface area (Å²) in [6.07, 6.45) is -2.32. The second kappa shape index (κ2) is 6.64. The molecule has 0 atom stereocenters. The summed E-state index contributed by atoms with van der Waals surface area (Å²) in [4.78, 5) is 17.5. The zero-order chi connectivity index (χ0) is 16.2. The summed E-state index contributed by atoms with van der Waals surface area (Å²) in [5.41, 5.74) is -1.77. The zero-order valence-electron chi connectivity index (χ0n) is 12.1. The van der Waals surface area contributed by atoms with Gasteiger partial charge in [-0.05, 0) is 25.0 Å². The van der Waals surface area contributed by atoms with Gasteiger partial charge in [-0.2, -0.15) is 13.2 Å². The molecule has 0 saturated carbocycles. The van der Waals surface area contributed by atoms with Crippen LogP contribution in [0.2, 0.25) is 0 Å². The number of likely N-dealkylation sites (tertiary alicyclic amines) is 1. The van der Waals surface area contributed by atoms with Crippen LogP contribution in [0, 0.1) is 0 Å². The predicted octanol–water partition coefficient (Wildman–Crippen LogP) is 2.32. The molecule has 1 aliphatic heterocycles. The largest absolute Gasteiger partial charge is 0.417 e. The lowest BCUT2D eigenvalue weighted by atomic mass is 9.90. The summed E-state index contributed by atoms with van der Waals surface area (Å²) in [6, 6.07) is 5.55. The third-order valence-electron chi connectivity index (χ3n) is 4.02. The summed E-state index contributed by atoms with van der Waals surface area (Å²) in [6.45, 7) is -0.114. The molecule has 1 fully saturated rings. The van der Waals surface area contributed by atoms with Gasteiger partial charge in [0.25, 0.3) is 0 Å². The first-order valence-electron chi connectivity index (χ1n) is 7.29. The number of carbonyl (C=O) groups is 1. The molecular weight excluding hydrogens is 297 g/mol. The Morgan fingerprint density at radius 1 is 1.32 bits per heavy atom. The first-order chi connectivity index (χ1) is 10.3. The fourth-order valence-electron chi connectivity index (χ4n) is 2.53.